The van der Waals surface area contributed by atoms with Gasteiger partial charge in [-0.3, -0.25) is 9.78 Å². The summed E-state index contributed by atoms with van der Waals surface area (Å²) in [5, 5.41) is 15.5. The minimum Gasteiger partial charge on any atom is -0.361 e. The van der Waals surface area contributed by atoms with Gasteiger partial charge in [-0.2, -0.15) is 0 Å². The molecule has 9 heteroatoms. The molecular formula is C18H19N7O2. The maximum absolute atomic E-state index is 12.4. The molecule has 0 aromatic carbocycles. The second-order valence-electron chi connectivity index (χ2n) is 6.24. The molecule has 0 bridgehead atoms. The van der Waals surface area contributed by atoms with E-state index in [1.807, 2.05) is 24.3 Å². The molecule has 3 aromatic rings. The Morgan fingerprint density at radius 1 is 1.07 bits per heavy atom. The van der Waals surface area contributed by atoms with Gasteiger partial charge in [-0.15, -0.1) is 10.2 Å². The Morgan fingerprint density at radius 2 is 1.85 bits per heavy atom. The molecule has 0 aliphatic carbocycles. The second kappa shape index (κ2) is 7.40. The van der Waals surface area contributed by atoms with Gasteiger partial charge in [-0.05, 0) is 31.2 Å². The van der Waals surface area contributed by atoms with E-state index in [0.717, 1.165) is 11.5 Å². The summed E-state index contributed by atoms with van der Waals surface area (Å²) in [7, 11) is 0. The summed E-state index contributed by atoms with van der Waals surface area (Å²) >= 11 is 0. The molecule has 0 saturated carbocycles. The molecule has 1 N–H and O–H groups in total. The first kappa shape index (κ1) is 17.0. The van der Waals surface area contributed by atoms with Crippen molar-refractivity contribution in [1.82, 2.24) is 25.2 Å². The number of carbonyl (C=O) groups excluding carboxylic acids is 1. The van der Waals surface area contributed by atoms with E-state index in [2.05, 4.69) is 30.6 Å². The number of hydrogen-bond donors (Lipinski definition) is 1. The van der Waals surface area contributed by atoms with E-state index in [1.165, 1.54) is 0 Å². The van der Waals surface area contributed by atoms with Crippen molar-refractivity contribution in [2.45, 2.75) is 6.92 Å². The average molecular weight is 365 g/mol. The number of piperazine rings is 1. The highest BCUT2D eigenvalue weighted by Crippen LogP contribution is 2.18. The van der Waals surface area contributed by atoms with Gasteiger partial charge >= 0.3 is 0 Å². The number of pyridine rings is 1. The number of rotatable bonds is 4. The number of nitrogens with zero attached hydrogens (tertiary/aromatic N) is 6. The van der Waals surface area contributed by atoms with Crippen LogP contribution in [-0.4, -0.2) is 57.3 Å². The van der Waals surface area contributed by atoms with E-state index in [0.29, 0.717) is 43.5 Å². The lowest BCUT2D eigenvalue weighted by atomic mass is 10.2. The lowest BCUT2D eigenvalue weighted by Gasteiger charge is -2.34. The van der Waals surface area contributed by atoms with Crippen molar-refractivity contribution in [3.63, 3.8) is 0 Å². The van der Waals surface area contributed by atoms with Gasteiger partial charge in [-0.25, -0.2) is 0 Å². The SMILES string of the molecule is Cc1cc(C(=O)N2CCN(c3ccc(Nc4ccncc4)nn3)CC2)no1. The van der Waals surface area contributed by atoms with Gasteiger partial charge in [0.05, 0.1) is 0 Å². The Kier molecular flexibility index (Phi) is 4.65. The maximum atomic E-state index is 12.4. The first-order valence-corrected chi connectivity index (χ1v) is 8.67. The normalized spacial score (nSPS) is 14.3. The molecule has 27 heavy (non-hydrogen) atoms. The summed E-state index contributed by atoms with van der Waals surface area (Å²) < 4.78 is 4.99. The Balaban J connectivity index is 1.35. The highest BCUT2D eigenvalue weighted by Gasteiger charge is 2.24. The molecule has 0 unspecified atom stereocenters. The van der Waals surface area contributed by atoms with Crippen molar-refractivity contribution >= 4 is 23.2 Å². The fourth-order valence-corrected chi connectivity index (χ4v) is 2.91. The van der Waals surface area contributed by atoms with Crippen LogP contribution in [0.2, 0.25) is 0 Å². The van der Waals surface area contributed by atoms with Gasteiger partial charge in [0.2, 0.25) is 0 Å². The molecule has 9 nitrogen and oxygen atoms in total. The van der Waals surface area contributed by atoms with Crippen molar-refractivity contribution in [3.05, 3.63) is 54.2 Å². The van der Waals surface area contributed by atoms with Crippen LogP contribution in [0.3, 0.4) is 0 Å². The van der Waals surface area contributed by atoms with Crippen LogP contribution in [0.25, 0.3) is 0 Å². The Hall–Kier alpha value is -3.49. The van der Waals surface area contributed by atoms with Gasteiger partial charge in [0.1, 0.15) is 5.76 Å². The molecule has 4 rings (SSSR count). The van der Waals surface area contributed by atoms with Crippen molar-refractivity contribution in [2.24, 2.45) is 0 Å². The minimum absolute atomic E-state index is 0.102. The number of anilines is 3. The predicted octanol–water partition coefficient (Wildman–Crippen LogP) is 1.87. The molecular weight excluding hydrogens is 346 g/mol. The topological polar surface area (TPSA) is 100 Å². The minimum atomic E-state index is -0.102. The summed E-state index contributed by atoms with van der Waals surface area (Å²) in [4.78, 5) is 20.3. The number of aryl methyl sites for hydroxylation is 1. The molecule has 0 spiro atoms. The molecule has 4 heterocycles. The monoisotopic (exact) mass is 365 g/mol. The molecule has 1 aliphatic rings. The van der Waals surface area contributed by atoms with Gasteiger partial charge in [-0.1, -0.05) is 5.16 Å². The standard InChI is InChI=1S/C18H19N7O2/c1-13-12-15(23-27-13)18(26)25-10-8-24(9-11-25)17-3-2-16(21-22-17)20-14-4-6-19-7-5-14/h2-7,12H,8-11H2,1H3,(H,19,20,21). The number of amides is 1. The van der Waals surface area contributed by atoms with Crippen molar-refractivity contribution in [2.75, 3.05) is 36.4 Å². The third kappa shape index (κ3) is 3.86. The van der Waals surface area contributed by atoms with Crippen LogP contribution >= 0.6 is 0 Å². The largest absolute Gasteiger partial charge is 0.361 e. The summed E-state index contributed by atoms with van der Waals surface area (Å²) in [5.74, 6) is 1.99. The van der Waals surface area contributed by atoms with E-state index in [9.17, 15) is 4.79 Å². The average Bonchev–Trinajstić information content (AvgIpc) is 3.15. The summed E-state index contributed by atoms with van der Waals surface area (Å²) in [6.07, 6.45) is 3.43. The van der Waals surface area contributed by atoms with Gasteiger partial charge in [0, 0.05) is 50.3 Å². The van der Waals surface area contributed by atoms with Gasteiger partial charge < -0.3 is 19.6 Å². The molecule has 3 aromatic heterocycles. The van der Waals surface area contributed by atoms with E-state index < -0.39 is 0 Å². The second-order valence-corrected chi connectivity index (χ2v) is 6.24. The van der Waals surface area contributed by atoms with E-state index in [1.54, 1.807) is 30.3 Å². The lowest BCUT2D eigenvalue weighted by molar-refractivity contribution is 0.0736. The highest BCUT2D eigenvalue weighted by molar-refractivity contribution is 5.92. The van der Waals surface area contributed by atoms with Gasteiger partial charge in [0.25, 0.3) is 5.91 Å². The molecule has 1 amide bonds. The quantitative estimate of drug-likeness (QED) is 0.748. The first-order chi connectivity index (χ1) is 13.2. The summed E-state index contributed by atoms with van der Waals surface area (Å²) in [6.45, 7) is 4.35. The van der Waals surface area contributed by atoms with Crippen LogP contribution < -0.4 is 10.2 Å². The molecule has 1 fully saturated rings. The van der Waals surface area contributed by atoms with Gasteiger partial charge in [0.15, 0.2) is 17.3 Å². The summed E-state index contributed by atoms with van der Waals surface area (Å²) in [6, 6.07) is 9.20. The smallest absolute Gasteiger partial charge is 0.276 e. The molecule has 1 saturated heterocycles. The van der Waals surface area contributed by atoms with Crippen LogP contribution in [0.15, 0.2) is 47.2 Å². The Bertz CT molecular complexity index is 903. The molecule has 138 valence electrons. The van der Waals surface area contributed by atoms with Crippen LogP contribution in [-0.2, 0) is 0 Å². The lowest BCUT2D eigenvalue weighted by Crippen LogP contribution is -2.49. The van der Waals surface area contributed by atoms with E-state index in [4.69, 9.17) is 4.52 Å². The first-order valence-electron chi connectivity index (χ1n) is 8.67. The predicted molar refractivity (Wildman–Crippen MR) is 98.9 cm³/mol. The third-order valence-corrected chi connectivity index (χ3v) is 4.34. The van der Waals surface area contributed by atoms with Crippen LogP contribution in [0, 0.1) is 6.92 Å². The Morgan fingerprint density at radius 3 is 2.48 bits per heavy atom. The number of hydrogen-bond acceptors (Lipinski definition) is 8. The summed E-state index contributed by atoms with van der Waals surface area (Å²) in [5.41, 5.74) is 1.26. The van der Waals surface area contributed by atoms with Crippen molar-refractivity contribution < 1.29 is 9.32 Å². The fourth-order valence-electron chi connectivity index (χ4n) is 2.91. The number of aromatic nitrogens is 4. The van der Waals surface area contributed by atoms with Crippen LogP contribution in [0.1, 0.15) is 16.2 Å². The van der Waals surface area contributed by atoms with Crippen LogP contribution in [0.5, 0.6) is 0 Å². The Labute approximate surface area is 156 Å². The van der Waals surface area contributed by atoms with Crippen molar-refractivity contribution in [1.29, 1.82) is 0 Å². The van der Waals surface area contributed by atoms with Crippen molar-refractivity contribution in [3.8, 4) is 0 Å². The third-order valence-electron chi connectivity index (χ3n) is 4.34. The molecule has 0 atom stereocenters. The molecule has 1 aliphatic heterocycles. The zero-order chi connectivity index (χ0) is 18.6. The highest BCUT2D eigenvalue weighted by atomic mass is 16.5. The maximum Gasteiger partial charge on any atom is 0.276 e. The van der Waals surface area contributed by atoms with E-state index in [-0.39, 0.29) is 5.91 Å². The fraction of sp³-hybridized carbons (Fsp3) is 0.278. The number of carbonyl (C=O) groups is 1. The van der Waals surface area contributed by atoms with Crippen LogP contribution in [0.4, 0.5) is 17.3 Å². The zero-order valence-electron chi connectivity index (χ0n) is 14.9. The van der Waals surface area contributed by atoms with E-state index >= 15 is 0 Å². The molecule has 0 radical (unpaired) electrons. The zero-order valence-corrected chi connectivity index (χ0v) is 14.9. The number of nitrogens with one attached hydrogen (secondary N) is 1.